The molecule has 2 rings (SSSR count). The van der Waals surface area contributed by atoms with Crippen molar-refractivity contribution < 1.29 is 14.6 Å². The Hall–Kier alpha value is -1.85. The van der Waals surface area contributed by atoms with Gasteiger partial charge in [0.1, 0.15) is 0 Å². The highest BCUT2D eigenvalue weighted by atomic mass is 16.5. The van der Waals surface area contributed by atoms with Crippen molar-refractivity contribution in [3.05, 3.63) is 12.3 Å². The van der Waals surface area contributed by atoms with Crippen LogP contribution in [0.3, 0.4) is 0 Å². The Kier molecular flexibility index (Phi) is 3.64. The molecule has 2 N–H and O–H groups in total. The average molecular weight is 251 g/mol. The van der Waals surface area contributed by atoms with Gasteiger partial charge in [-0.05, 0) is 12.8 Å². The van der Waals surface area contributed by atoms with Gasteiger partial charge in [0, 0.05) is 18.8 Å². The zero-order chi connectivity index (χ0) is 13.0. The highest BCUT2D eigenvalue weighted by Gasteiger charge is 2.41. The van der Waals surface area contributed by atoms with E-state index in [1.807, 2.05) is 0 Å². The molecular formula is C12H17N3O3. The first-order valence-electron chi connectivity index (χ1n) is 6.01. The van der Waals surface area contributed by atoms with Gasteiger partial charge in [0.25, 0.3) is 0 Å². The number of anilines is 1. The van der Waals surface area contributed by atoms with Crippen LogP contribution in [0.5, 0.6) is 5.88 Å². The lowest BCUT2D eigenvalue weighted by molar-refractivity contribution is -0.147. The number of hydrogen-bond acceptors (Lipinski definition) is 5. The molecule has 0 unspecified atom stereocenters. The van der Waals surface area contributed by atoms with Crippen LogP contribution in [0.15, 0.2) is 12.3 Å². The number of hydrogen-bond donors (Lipinski definition) is 2. The maximum atomic E-state index is 11.4. The first-order valence-corrected chi connectivity index (χ1v) is 6.01. The standard InChI is InChI=1S/C12H17N3O3/c1-18-9-4-7-13-11(15-9)14-8-12(10(16)17)5-2-3-6-12/h4,7H,2-3,5-6,8H2,1H3,(H,16,17)(H,13,14,15). The molecule has 0 saturated heterocycles. The Morgan fingerprint density at radius 2 is 2.28 bits per heavy atom. The Labute approximate surface area is 105 Å². The van der Waals surface area contributed by atoms with Gasteiger partial charge in [0.15, 0.2) is 0 Å². The van der Waals surface area contributed by atoms with Gasteiger partial charge in [-0.25, -0.2) is 4.98 Å². The zero-order valence-corrected chi connectivity index (χ0v) is 10.3. The number of carboxylic acids is 1. The topological polar surface area (TPSA) is 84.3 Å². The number of methoxy groups -OCH3 is 1. The van der Waals surface area contributed by atoms with Crippen molar-refractivity contribution in [1.29, 1.82) is 0 Å². The molecule has 0 aliphatic heterocycles. The second-order valence-corrected chi connectivity index (χ2v) is 4.57. The normalized spacial score (nSPS) is 17.4. The summed E-state index contributed by atoms with van der Waals surface area (Å²) < 4.78 is 4.99. The Balaban J connectivity index is 2.03. The fourth-order valence-corrected chi connectivity index (χ4v) is 2.31. The monoisotopic (exact) mass is 251 g/mol. The predicted octanol–water partition coefficient (Wildman–Crippen LogP) is 1.54. The minimum Gasteiger partial charge on any atom is -0.481 e. The highest BCUT2D eigenvalue weighted by molar-refractivity contribution is 5.75. The van der Waals surface area contributed by atoms with Crippen molar-refractivity contribution in [1.82, 2.24) is 9.97 Å². The number of nitrogens with zero attached hydrogens (tertiary/aromatic N) is 2. The fourth-order valence-electron chi connectivity index (χ4n) is 2.31. The van der Waals surface area contributed by atoms with Gasteiger partial charge in [-0.2, -0.15) is 4.98 Å². The van der Waals surface area contributed by atoms with Crippen LogP contribution in [-0.2, 0) is 4.79 Å². The van der Waals surface area contributed by atoms with Gasteiger partial charge in [0.05, 0.1) is 12.5 Å². The van der Waals surface area contributed by atoms with Crippen LogP contribution in [0, 0.1) is 5.41 Å². The summed E-state index contributed by atoms with van der Waals surface area (Å²) in [4.78, 5) is 19.5. The number of rotatable bonds is 5. The number of nitrogens with one attached hydrogen (secondary N) is 1. The molecule has 98 valence electrons. The molecule has 0 aromatic carbocycles. The second kappa shape index (κ2) is 5.20. The second-order valence-electron chi connectivity index (χ2n) is 4.57. The van der Waals surface area contributed by atoms with Crippen molar-refractivity contribution in [3.63, 3.8) is 0 Å². The predicted molar refractivity (Wildman–Crippen MR) is 65.6 cm³/mol. The molecule has 18 heavy (non-hydrogen) atoms. The number of carbonyl (C=O) groups is 1. The molecule has 0 bridgehead atoms. The van der Waals surface area contributed by atoms with Gasteiger partial charge in [-0.1, -0.05) is 12.8 Å². The molecule has 6 heteroatoms. The molecular weight excluding hydrogens is 234 g/mol. The molecule has 1 aliphatic rings. The summed E-state index contributed by atoms with van der Waals surface area (Å²) in [6.45, 7) is 0.357. The van der Waals surface area contributed by atoms with Crippen LogP contribution in [0.25, 0.3) is 0 Å². The van der Waals surface area contributed by atoms with E-state index in [0.29, 0.717) is 31.2 Å². The SMILES string of the molecule is COc1ccnc(NCC2(C(=O)O)CCCC2)n1. The van der Waals surface area contributed by atoms with Gasteiger partial charge < -0.3 is 15.2 Å². The summed E-state index contributed by atoms with van der Waals surface area (Å²) in [5, 5.41) is 12.3. The van der Waals surface area contributed by atoms with Crippen molar-refractivity contribution in [2.75, 3.05) is 19.0 Å². The van der Waals surface area contributed by atoms with Crippen LogP contribution in [-0.4, -0.2) is 34.7 Å². The lowest BCUT2D eigenvalue weighted by Gasteiger charge is -2.23. The van der Waals surface area contributed by atoms with E-state index in [1.165, 1.54) is 7.11 Å². The van der Waals surface area contributed by atoms with E-state index in [1.54, 1.807) is 12.3 Å². The molecule has 1 saturated carbocycles. The molecule has 1 aromatic rings. The van der Waals surface area contributed by atoms with Crippen LogP contribution >= 0.6 is 0 Å². The molecule has 1 aromatic heterocycles. The van der Waals surface area contributed by atoms with Gasteiger partial charge in [0.2, 0.25) is 11.8 Å². The Morgan fingerprint density at radius 3 is 2.89 bits per heavy atom. The first kappa shape index (κ1) is 12.6. The summed E-state index contributed by atoms with van der Waals surface area (Å²) >= 11 is 0. The quantitative estimate of drug-likeness (QED) is 0.825. The summed E-state index contributed by atoms with van der Waals surface area (Å²) in [6, 6.07) is 1.65. The van der Waals surface area contributed by atoms with Crippen molar-refractivity contribution in [2.45, 2.75) is 25.7 Å². The van der Waals surface area contributed by atoms with Crippen LogP contribution in [0.4, 0.5) is 5.95 Å². The molecule has 0 radical (unpaired) electrons. The third kappa shape index (κ3) is 2.52. The molecule has 1 aliphatic carbocycles. The van der Waals surface area contributed by atoms with E-state index in [9.17, 15) is 9.90 Å². The largest absolute Gasteiger partial charge is 0.481 e. The van der Waals surface area contributed by atoms with Gasteiger partial charge in [-0.15, -0.1) is 0 Å². The maximum absolute atomic E-state index is 11.4. The number of ether oxygens (including phenoxy) is 1. The fraction of sp³-hybridized carbons (Fsp3) is 0.583. The van der Waals surface area contributed by atoms with Gasteiger partial charge >= 0.3 is 5.97 Å². The van der Waals surface area contributed by atoms with Crippen LogP contribution in [0.1, 0.15) is 25.7 Å². The summed E-state index contributed by atoms with van der Waals surface area (Å²) in [6.07, 6.45) is 4.93. The lowest BCUT2D eigenvalue weighted by Crippen LogP contribution is -2.35. The minimum absolute atomic E-state index is 0.357. The molecule has 1 fully saturated rings. The number of aliphatic carboxylic acids is 1. The third-order valence-electron chi connectivity index (χ3n) is 3.44. The van der Waals surface area contributed by atoms with E-state index in [2.05, 4.69) is 15.3 Å². The van der Waals surface area contributed by atoms with Crippen molar-refractivity contribution >= 4 is 11.9 Å². The van der Waals surface area contributed by atoms with Crippen molar-refractivity contribution in [2.24, 2.45) is 5.41 Å². The van der Waals surface area contributed by atoms with Crippen LogP contribution in [0.2, 0.25) is 0 Å². The summed E-state index contributed by atoms with van der Waals surface area (Å²) in [7, 11) is 1.53. The van der Waals surface area contributed by atoms with Gasteiger partial charge in [-0.3, -0.25) is 4.79 Å². The summed E-state index contributed by atoms with van der Waals surface area (Å²) in [5.41, 5.74) is -0.674. The van der Waals surface area contributed by atoms with E-state index in [-0.39, 0.29) is 0 Å². The zero-order valence-electron chi connectivity index (χ0n) is 10.3. The Bertz CT molecular complexity index is 430. The molecule has 6 nitrogen and oxygen atoms in total. The smallest absolute Gasteiger partial charge is 0.311 e. The average Bonchev–Trinajstić information content (AvgIpc) is 2.87. The summed E-state index contributed by atoms with van der Waals surface area (Å²) in [5.74, 6) is 0.126. The number of carboxylic acid groups (broad SMARTS) is 1. The van der Waals surface area contributed by atoms with Crippen molar-refractivity contribution in [3.8, 4) is 5.88 Å². The van der Waals surface area contributed by atoms with E-state index in [0.717, 1.165) is 12.8 Å². The third-order valence-corrected chi connectivity index (χ3v) is 3.44. The molecule has 1 heterocycles. The Morgan fingerprint density at radius 1 is 1.56 bits per heavy atom. The first-order chi connectivity index (χ1) is 8.66. The minimum atomic E-state index is -0.740. The number of aromatic nitrogens is 2. The van der Waals surface area contributed by atoms with E-state index in [4.69, 9.17) is 4.74 Å². The van der Waals surface area contributed by atoms with Crippen LogP contribution < -0.4 is 10.1 Å². The highest BCUT2D eigenvalue weighted by Crippen LogP contribution is 2.38. The molecule has 0 spiro atoms. The maximum Gasteiger partial charge on any atom is 0.311 e. The van der Waals surface area contributed by atoms with E-state index < -0.39 is 11.4 Å². The molecule has 0 amide bonds. The van der Waals surface area contributed by atoms with E-state index >= 15 is 0 Å². The molecule has 0 atom stereocenters. The lowest BCUT2D eigenvalue weighted by atomic mass is 9.86.